The first-order chi connectivity index (χ1) is 9.84. The van der Waals surface area contributed by atoms with Crippen molar-refractivity contribution in [2.75, 3.05) is 26.2 Å². The second kappa shape index (κ2) is 5.04. The number of aryl methyl sites for hydroxylation is 2. The largest absolute Gasteiger partial charge is 0.316 e. The summed E-state index contributed by atoms with van der Waals surface area (Å²) < 4.78 is 40.8. The Bertz CT molecular complexity index is 643. The molecule has 2 heterocycles. The zero-order valence-electron chi connectivity index (χ0n) is 12.4. The predicted molar refractivity (Wildman–Crippen MR) is 79.2 cm³/mol. The molecule has 0 aliphatic carbocycles. The van der Waals surface area contributed by atoms with E-state index in [2.05, 4.69) is 5.32 Å². The van der Waals surface area contributed by atoms with Gasteiger partial charge >= 0.3 is 0 Å². The Hall–Kier alpha value is -0.980. The van der Waals surface area contributed by atoms with Gasteiger partial charge in [-0.05, 0) is 61.9 Å². The van der Waals surface area contributed by atoms with Crippen LogP contribution in [0.25, 0.3) is 0 Å². The fourth-order valence-electron chi connectivity index (χ4n) is 3.68. The fourth-order valence-corrected chi connectivity index (χ4v) is 5.64. The Morgan fingerprint density at radius 2 is 1.90 bits per heavy atom. The number of nitrogens with one attached hydrogen (secondary N) is 1. The Balaban J connectivity index is 1.95. The number of sulfonamides is 1. The number of rotatable bonds is 2. The van der Waals surface area contributed by atoms with Crippen LogP contribution in [-0.4, -0.2) is 38.9 Å². The molecule has 0 radical (unpaired) electrons. The van der Waals surface area contributed by atoms with E-state index in [-0.39, 0.29) is 16.1 Å². The van der Waals surface area contributed by atoms with Crippen LogP contribution in [0.5, 0.6) is 0 Å². The van der Waals surface area contributed by atoms with E-state index in [0.29, 0.717) is 24.2 Å². The maximum atomic E-state index is 13.4. The van der Waals surface area contributed by atoms with E-state index >= 15 is 0 Å². The van der Waals surface area contributed by atoms with Crippen molar-refractivity contribution in [2.45, 2.75) is 31.6 Å². The zero-order valence-corrected chi connectivity index (χ0v) is 13.3. The van der Waals surface area contributed by atoms with Gasteiger partial charge in [-0.1, -0.05) is 0 Å². The highest BCUT2D eigenvalue weighted by Crippen LogP contribution is 2.39. The molecule has 3 rings (SSSR count). The Kier molecular flexibility index (Phi) is 3.58. The van der Waals surface area contributed by atoms with Crippen LogP contribution in [0.15, 0.2) is 17.0 Å². The van der Waals surface area contributed by atoms with Crippen LogP contribution < -0.4 is 5.32 Å². The average Bonchev–Trinajstić information content (AvgIpc) is 2.99. The highest BCUT2D eigenvalue weighted by atomic mass is 32.2. The van der Waals surface area contributed by atoms with Crippen molar-refractivity contribution in [2.24, 2.45) is 5.41 Å². The standard InChI is InChI=1S/C15H21FN2O2S/c1-11-7-13(16)8-12(2)14(11)21(19,20)18-6-4-15(10-18)3-5-17-9-15/h7-8,17H,3-6,9-10H2,1-2H3. The monoisotopic (exact) mass is 312 g/mol. The molecule has 6 heteroatoms. The van der Waals surface area contributed by atoms with E-state index in [1.54, 1.807) is 18.2 Å². The Labute approximate surface area is 125 Å². The second-order valence-electron chi connectivity index (χ2n) is 6.38. The SMILES string of the molecule is Cc1cc(F)cc(C)c1S(=O)(=O)N1CCC2(CCNC2)C1. The van der Waals surface area contributed by atoms with Gasteiger partial charge < -0.3 is 5.32 Å². The van der Waals surface area contributed by atoms with E-state index in [9.17, 15) is 12.8 Å². The summed E-state index contributed by atoms with van der Waals surface area (Å²) in [7, 11) is -3.54. The average molecular weight is 312 g/mol. The number of nitrogens with zero attached hydrogens (tertiary/aromatic N) is 1. The summed E-state index contributed by atoms with van der Waals surface area (Å²) in [6.45, 7) is 6.29. The summed E-state index contributed by atoms with van der Waals surface area (Å²) in [4.78, 5) is 0.270. The number of hydrogen-bond donors (Lipinski definition) is 1. The summed E-state index contributed by atoms with van der Waals surface area (Å²) in [5.74, 6) is -0.387. The van der Waals surface area contributed by atoms with Gasteiger partial charge in [0.05, 0.1) is 4.90 Å². The third-order valence-electron chi connectivity index (χ3n) is 4.76. The lowest BCUT2D eigenvalue weighted by Gasteiger charge is -2.23. The molecule has 2 fully saturated rings. The van der Waals surface area contributed by atoms with Crippen LogP contribution in [0.1, 0.15) is 24.0 Å². The minimum Gasteiger partial charge on any atom is -0.316 e. The minimum absolute atomic E-state index is 0.0922. The summed E-state index contributed by atoms with van der Waals surface area (Å²) in [6.07, 6.45) is 1.93. The van der Waals surface area contributed by atoms with Crippen molar-refractivity contribution in [1.29, 1.82) is 0 Å². The van der Waals surface area contributed by atoms with Gasteiger partial charge in [0.15, 0.2) is 0 Å². The topological polar surface area (TPSA) is 49.4 Å². The van der Waals surface area contributed by atoms with Crippen LogP contribution >= 0.6 is 0 Å². The maximum absolute atomic E-state index is 13.4. The predicted octanol–water partition coefficient (Wildman–Crippen LogP) is 1.82. The van der Waals surface area contributed by atoms with E-state index in [1.807, 2.05) is 0 Å². The maximum Gasteiger partial charge on any atom is 0.243 e. The lowest BCUT2D eigenvalue weighted by atomic mass is 9.87. The van der Waals surface area contributed by atoms with Gasteiger partial charge in [-0.25, -0.2) is 12.8 Å². The number of hydrogen-bond acceptors (Lipinski definition) is 3. The van der Waals surface area contributed by atoms with E-state index in [4.69, 9.17) is 0 Å². The van der Waals surface area contributed by atoms with Crippen LogP contribution in [0.3, 0.4) is 0 Å². The third kappa shape index (κ3) is 2.49. The van der Waals surface area contributed by atoms with Crippen molar-refractivity contribution in [3.8, 4) is 0 Å². The van der Waals surface area contributed by atoms with Crippen LogP contribution in [0.2, 0.25) is 0 Å². The molecule has 2 aliphatic heterocycles. The Morgan fingerprint density at radius 3 is 2.48 bits per heavy atom. The van der Waals surface area contributed by atoms with Gasteiger partial charge in [0.25, 0.3) is 0 Å². The molecule has 0 aromatic heterocycles. The van der Waals surface area contributed by atoms with Gasteiger partial charge in [-0.15, -0.1) is 0 Å². The molecule has 116 valence electrons. The van der Waals surface area contributed by atoms with Crippen LogP contribution in [-0.2, 0) is 10.0 Å². The first kappa shape index (κ1) is 14.9. The normalized spacial score (nSPS) is 26.8. The zero-order chi connectivity index (χ0) is 15.3. The van der Waals surface area contributed by atoms with E-state index in [0.717, 1.165) is 25.9 Å². The second-order valence-corrected chi connectivity index (χ2v) is 8.26. The fraction of sp³-hybridized carbons (Fsp3) is 0.600. The molecular weight excluding hydrogens is 291 g/mol. The third-order valence-corrected chi connectivity index (χ3v) is 6.91. The summed E-state index contributed by atoms with van der Waals surface area (Å²) in [6, 6.07) is 2.59. The molecule has 2 aliphatic rings. The van der Waals surface area contributed by atoms with Gasteiger partial charge in [0.1, 0.15) is 5.82 Å². The van der Waals surface area contributed by atoms with Crippen molar-refractivity contribution < 1.29 is 12.8 Å². The van der Waals surface area contributed by atoms with Crippen molar-refractivity contribution in [1.82, 2.24) is 9.62 Å². The summed E-state index contributed by atoms with van der Waals surface area (Å²) in [5.41, 5.74) is 1.06. The van der Waals surface area contributed by atoms with Crippen molar-refractivity contribution in [3.63, 3.8) is 0 Å². The summed E-state index contributed by atoms with van der Waals surface area (Å²) in [5, 5.41) is 3.33. The molecule has 1 atom stereocenters. The molecule has 2 saturated heterocycles. The molecule has 4 nitrogen and oxygen atoms in total. The smallest absolute Gasteiger partial charge is 0.243 e. The van der Waals surface area contributed by atoms with Gasteiger partial charge in [0, 0.05) is 19.6 Å². The summed E-state index contributed by atoms with van der Waals surface area (Å²) >= 11 is 0. The molecule has 0 amide bonds. The molecule has 0 saturated carbocycles. The Morgan fingerprint density at radius 1 is 1.24 bits per heavy atom. The molecular formula is C15H21FN2O2S. The van der Waals surface area contributed by atoms with Crippen LogP contribution in [0, 0.1) is 25.1 Å². The molecule has 1 unspecified atom stereocenters. The number of benzene rings is 1. The van der Waals surface area contributed by atoms with Gasteiger partial charge in [0.2, 0.25) is 10.0 Å². The molecule has 1 spiro atoms. The number of halogens is 1. The lowest BCUT2D eigenvalue weighted by molar-refractivity contribution is 0.338. The molecule has 21 heavy (non-hydrogen) atoms. The lowest BCUT2D eigenvalue weighted by Crippen LogP contribution is -2.34. The van der Waals surface area contributed by atoms with E-state index < -0.39 is 10.0 Å². The quantitative estimate of drug-likeness (QED) is 0.906. The first-order valence-corrected chi connectivity index (χ1v) is 8.76. The van der Waals surface area contributed by atoms with Crippen LogP contribution in [0.4, 0.5) is 4.39 Å². The molecule has 1 N–H and O–H groups in total. The van der Waals surface area contributed by atoms with Gasteiger partial charge in [-0.3, -0.25) is 0 Å². The highest BCUT2D eigenvalue weighted by Gasteiger charge is 2.45. The highest BCUT2D eigenvalue weighted by molar-refractivity contribution is 7.89. The molecule has 1 aromatic rings. The van der Waals surface area contributed by atoms with Crippen molar-refractivity contribution in [3.05, 3.63) is 29.1 Å². The minimum atomic E-state index is -3.54. The molecule has 0 bridgehead atoms. The van der Waals surface area contributed by atoms with E-state index in [1.165, 1.54) is 12.1 Å². The molecule has 1 aromatic carbocycles. The first-order valence-electron chi connectivity index (χ1n) is 7.32. The van der Waals surface area contributed by atoms with Gasteiger partial charge in [-0.2, -0.15) is 4.31 Å². The van der Waals surface area contributed by atoms with Crippen molar-refractivity contribution >= 4 is 10.0 Å².